The normalized spacial score (nSPS) is 11.8. The summed E-state index contributed by atoms with van der Waals surface area (Å²) in [5.41, 5.74) is 12.1. The molecule has 10 aromatic carbocycles. The van der Waals surface area contributed by atoms with Crippen LogP contribution in [0.1, 0.15) is 0 Å². The molecule has 0 saturated carbocycles. The van der Waals surface area contributed by atoms with Crippen molar-refractivity contribution in [2.75, 3.05) is 0 Å². The van der Waals surface area contributed by atoms with Gasteiger partial charge in [-0.3, -0.25) is 0 Å². The molecule has 5 heteroatoms. The Morgan fingerprint density at radius 2 is 0.922 bits per heavy atom. The van der Waals surface area contributed by atoms with Crippen molar-refractivity contribution in [3.8, 4) is 62.1 Å². The van der Waals surface area contributed by atoms with Crippen molar-refractivity contribution in [1.29, 1.82) is 0 Å². The molecule has 298 valence electrons. The van der Waals surface area contributed by atoms with Gasteiger partial charge in [-0.05, 0) is 92.3 Å². The molecule has 13 aromatic rings. The second-order valence-electron chi connectivity index (χ2n) is 16.4. The van der Waals surface area contributed by atoms with E-state index in [4.69, 9.17) is 19.4 Å². The van der Waals surface area contributed by atoms with Gasteiger partial charge in [0.15, 0.2) is 17.5 Å². The van der Waals surface area contributed by atoms with Crippen molar-refractivity contribution in [2.45, 2.75) is 0 Å². The minimum atomic E-state index is 0.592. The predicted octanol–water partition coefficient (Wildman–Crippen LogP) is 15.5. The summed E-state index contributed by atoms with van der Waals surface area (Å²) < 4.78 is 9.15. The number of para-hydroxylation sites is 1. The first-order chi connectivity index (χ1) is 31.7. The molecule has 0 N–H and O–H groups in total. The lowest BCUT2D eigenvalue weighted by Gasteiger charge is -2.13. The van der Waals surface area contributed by atoms with Gasteiger partial charge in [0.05, 0.1) is 22.1 Å². The summed E-state index contributed by atoms with van der Waals surface area (Å²) >= 11 is 0. The van der Waals surface area contributed by atoms with Gasteiger partial charge in [-0.1, -0.05) is 170 Å². The number of aromatic nitrogens is 4. The van der Waals surface area contributed by atoms with E-state index in [1.807, 2.05) is 12.1 Å². The summed E-state index contributed by atoms with van der Waals surface area (Å²) in [5, 5.41) is 9.13. The zero-order valence-corrected chi connectivity index (χ0v) is 34.5. The van der Waals surface area contributed by atoms with Crippen LogP contribution >= 0.6 is 0 Å². The Morgan fingerprint density at radius 3 is 1.75 bits per heavy atom. The molecule has 0 saturated heterocycles. The molecular weight excluding hydrogens is 781 g/mol. The van der Waals surface area contributed by atoms with Crippen LogP contribution in [0.3, 0.4) is 0 Å². The van der Waals surface area contributed by atoms with Gasteiger partial charge in [0.25, 0.3) is 0 Å². The Hall–Kier alpha value is -8.67. The molecule has 5 nitrogen and oxygen atoms in total. The van der Waals surface area contributed by atoms with E-state index in [0.717, 1.165) is 88.4 Å². The highest BCUT2D eigenvalue weighted by molar-refractivity contribution is 6.23. The summed E-state index contributed by atoms with van der Waals surface area (Å²) in [4.78, 5) is 15.8. The average molecular weight is 817 g/mol. The van der Waals surface area contributed by atoms with Crippen LogP contribution in [0.4, 0.5) is 0 Å². The van der Waals surface area contributed by atoms with E-state index in [1.54, 1.807) is 0 Å². The van der Waals surface area contributed by atoms with Gasteiger partial charge in [0.1, 0.15) is 11.2 Å². The Morgan fingerprint density at radius 1 is 0.312 bits per heavy atom. The van der Waals surface area contributed by atoms with Gasteiger partial charge in [-0.2, -0.15) is 0 Å². The smallest absolute Gasteiger partial charge is 0.164 e. The maximum absolute atomic E-state index is 6.74. The largest absolute Gasteiger partial charge is 0.456 e. The highest BCUT2D eigenvalue weighted by Gasteiger charge is 2.21. The van der Waals surface area contributed by atoms with Crippen LogP contribution < -0.4 is 0 Å². The zero-order chi connectivity index (χ0) is 42.1. The third-order valence-corrected chi connectivity index (χ3v) is 12.6. The number of furan rings is 1. The predicted molar refractivity (Wildman–Crippen MR) is 264 cm³/mol. The summed E-state index contributed by atoms with van der Waals surface area (Å²) in [7, 11) is 0. The standard InChI is InChI=1S/C59H36N4O/c1-3-15-37(16-4-1)40-21-13-22-43(33-40)57-60-58(62-59(61-57)47-25-10-9-23-45(47)38-17-5-2-6-18-38)44-30-29-39-31-32-54-55(48(39)35-44)56-51(27-14-28-53(56)64-54)63-50-26-12-11-24-46(50)49-34-41-19-7-8-20-42(41)36-52(49)63/h1-36H. The second kappa shape index (κ2) is 14.5. The van der Waals surface area contributed by atoms with Gasteiger partial charge in [0.2, 0.25) is 0 Å². The van der Waals surface area contributed by atoms with Crippen LogP contribution in [-0.4, -0.2) is 19.5 Å². The van der Waals surface area contributed by atoms with Crippen molar-refractivity contribution >= 4 is 65.3 Å². The topological polar surface area (TPSA) is 56.7 Å². The molecule has 64 heavy (non-hydrogen) atoms. The lowest BCUT2D eigenvalue weighted by Crippen LogP contribution is -2.01. The van der Waals surface area contributed by atoms with Crippen LogP contribution in [0.5, 0.6) is 0 Å². The maximum Gasteiger partial charge on any atom is 0.164 e. The number of rotatable bonds is 6. The first-order valence-electron chi connectivity index (χ1n) is 21.6. The summed E-state index contributed by atoms with van der Waals surface area (Å²) in [6.07, 6.45) is 0. The van der Waals surface area contributed by atoms with Gasteiger partial charge in [0, 0.05) is 32.8 Å². The van der Waals surface area contributed by atoms with Crippen LogP contribution in [0.2, 0.25) is 0 Å². The van der Waals surface area contributed by atoms with Gasteiger partial charge < -0.3 is 8.98 Å². The van der Waals surface area contributed by atoms with Gasteiger partial charge in [-0.15, -0.1) is 0 Å². The first-order valence-corrected chi connectivity index (χ1v) is 21.6. The molecule has 3 heterocycles. The molecular formula is C59H36N4O. The van der Waals surface area contributed by atoms with E-state index >= 15 is 0 Å². The van der Waals surface area contributed by atoms with E-state index in [-0.39, 0.29) is 0 Å². The van der Waals surface area contributed by atoms with Crippen LogP contribution in [0.15, 0.2) is 223 Å². The van der Waals surface area contributed by atoms with Crippen molar-refractivity contribution in [3.63, 3.8) is 0 Å². The lowest BCUT2D eigenvalue weighted by molar-refractivity contribution is 0.669. The van der Waals surface area contributed by atoms with Crippen molar-refractivity contribution in [1.82, 2.24) is 19.5 Å². The molecule has 0 amide bonds. The van der Waals surface area contributed by atoms with Crippen LogP contribution in [0, 0.1) is 0 Å². The third-order valence-electron chi connectivity index (χ3n) is 12.6. The molecule has 0 atom stereocenters. The SMILES string of the molecule is c1ccc(-c2cccc(-c3nc(-c4ccc5ccc6oc7cccc(-n8c9ccccc9c9cc%10ccccc%10cc98)c7c6c5c4)nc(-c4ccccc4-c4ccccc4)n3)c2)cc1. The Bertz CT molecular complexity index is 3960. The summed E-state index contributed by atoms with van der Waals surface area (Å²) in [5.74, 6) is 1.81. The fourth-order valence-corrected chi connectivity index (χ4v) is 9.63. The van der Waals surface area contributed by atoms with E-state index in [9.17, 15) is 0 Å². The molecule has 0 unspecified atom stereocenters. The van der Waals surface area contributed by atoms with E-state index < -0.39 is 0 Å². The second-order valence-corrected chi connectivity index (χ2v) is 16.4. The molecule has 0 radical (unpaired) electrons. The lowest BCUT2D eigenvalue weighted by atomic mass is 9.98. The molecule has 13 rings (SSSR count). The molecule has 3 aromatic heterocycles. The fraction of sp³-hybridized carbons (Fsp3) is 0. The Labute approximate surface area is 368 Å². The van der Waals surface area contributed by atoms with Crippen LogP contribution in [0.25, 0.3) is 127 Å². The molecule has 0 fully saturated rings. The first kappa shape index (κ1) is 36.0. The zero-order valence-electron chi connectivity index (χ0n) is 34.5. The molecule has 0 aliphatic heterocycles. The maximum atomic E-state index is 6.74. The Balaban J connectivity index is 1.05. The molecule has 0 aliphatic rings. The summed E-state index contributed by atoms with van der Waals surface area (Å²) in [6.45, 7) is 0. The molecule has 0 bridgehead atoms. The number of hydrogen-bond acceptors (Lipinski definition) is 4. The average Bonchev–Trinajstić information content (AvgIpc) is 3.92. The monoisotopic (exact) mass is 816 g/mol. The van der Waals surface area contributed by atoms with Crippen molar-refractivity contribution in [3.05, 3.63) is 218 Å². The number of hydrogen-bond donors (Lipinski definition) is 0. The number of nitrogens with zero attached hydrogens (tertiary/aromatic N) is 4. The summed E-state index contributed by atoms with van der Waals surface area (Å²) in [6, 6.07) is 76.8. The minimum Gasteiger partial charge on any atom is -0.456 e. The third kappa shape index (κ3) is 5.83. The van der Waals surface area contributed by atoms with Crippen molar-refractivity contribution < 1.29 is 4.42 Å². The molecule has 0 spiro atoms. The minimum absolute atomic E-state index is 0.592. The van der Waals surface area contributed by atoms with Gasteiger partial charge >= 0.3 is 0 Å². The van der Waals surface area contributed by atoms with E-state index in [1.165, 1.54) is 21.5 Å². The van der Waals surface area contributed by atoms with Crippen LogP contribution in [-0.2, 0) is 0 Å². The Kier molecular flexibility index (Phi) is 8.15. The van der Waals surface area contributed by atoms with Crippen molar-refractivity contribution in [2.24, 2.45) is 0 Å². The molecule has 0 aliphatic carbocycles. The number of fused-ring (bicyclic) bond motifs is 9. The van der Waals surface area contributed by atoms with E-state index in [2.05, 4.69) is 211 Å². The fourth-order valence-electron chi connectivity index (χ4n) is 9.63. The highest BCUT2D eigenvalue weighted by Crippen LogP contribution is 2.43. The van der Waals surface area contributed by atoms with E-state index in [0.29, 0.717) is 17.5 Å². The number of benzene rings is 10. The van der Waals surface area contributed by atoms with Gasteiger partial charge in [-0.25, -0.2) is 15.0 Å². The highest BCUT2D eigenvalue weighted by atomic mass is 16.3. The quantitative estimate of drug-likeness (QED) is 0.168.